The second kappa shape index (κ2) is 7.61. The van der Waals surface area contributed by atoms with Gasteiger partial charge < -0.3 is 19.7 Å². The van der Waals surface area contributed by atoms with E-state index in [4.69, 9.17) is 9.47 Å². The van der Waals surface area contributed by atoms with Gasteiger partial charge in [0.1, 0.15) is 19.3 Å². The molecule has 2 aromatic carbocycles. The predicted molar refractivity (Wildman–Crippen MR) is 105 cm³/mol. The number of fused-ring (bicyclic) bond motifs is 1. The molecule has 0 radical (unpaired) electrons. The van der Waals surface area contributed by atoms with E-state index >= 15 is 0 Å². The summed E-state index contributed by atoms with van der Waals surface area (Å²) in [5.41, 5.74) is 4.46. The fourth-order valence-electron chi connectivity index (χ4n) is 4.09. The highest BCUT2D eigenvalue weighted by Gasteiger charge is 2.32. The fraction of sp³-hybridized carbons (Fsp3) is 0.409. The molecule has 4 rings (SSSR count). The highest BCUT2D eigenvalue weighted by Crippen LogP contribution is 2.33. The van der Waals surface area contributed by atoms with Gasteiger partial charge in [-0.25, -0.2) is 0 Å². The Hall–Kier alpha value is -2.53. The number of ether oxygens (including phenoxy) is 2. The van der Waals surface area contributed by atoms with Crippen molar-refractivity contribution in [2.75, 3.05) is 31.6 Å². The molecule has 2 N–H and O–H groups in total. The summed E-state index contributed by atoms with van der Waals surface area (Å²) in [6.45, 7) is 6.80. The standard InChI is InChI=1S/C22H26N2O3/c1-15-5-3-6-18(16(15)2)23-22(25)14-24-10-4-7-19(24)17-8-9-20-21(13-17)27-12-11-26-20/h3,5-6,8-9,13,19H,4,7,10-12,14H2,1-2H3,(H,23,25)/p+1/t19-/m1/s1. The van der Waals surface area contributed by atoms with Crippen LogP contribution in [0.4, 0.5) is 5.69 Å². The molecule has 0 aromatic heterocycles. The number of hydrogen-bond acceptors (Lipinski definition) is 3. The zero-order valence-corrected chi connectivity index (χ0v) is 16.0. The number of carbonyl (C=O) groups excluding carboxylic acids is 1. The van der Waals surface area contributed by atoms with Crippen molar-refractivity contribution in [3.05, 3.63) is 53.1 Å². The van der Waals surface area contributed by atoms with Crippen LogP contribution in [0.5, 0.6) is 11.5 Å². The Labute approximate surface area is 160 Å². The average Bonchev–Trinajstić information content (AvgIpc) is 3.13. The molecule has 2 aliphatic heterocycles. The number of carbonyl (C=O) groups is 1. The Bertz CT molecular complexity index is 849. The molecule has 1 amide bonds. The molecule has 1 unspecified atom stereocenters. The molecule has 1 fully saturated rings. The Morgan fingerprint density at radius 2 is 1.96 bits per heavy atom. The summed E-state index contributed by atoms with van der Waals surface area (Å²) >= 11 is 0. The van der Waals surface area contributed by atoms with Crippen LogP contribution in [0.25, 0.3) is 0 Å². The van der Waals surface area contributed by atoms with Crippen molar-refractivity contribution in [3.8, 4) is 11.5 Å². The molecule has 0 spiro atoms. The number of benzene rings is 2. The van der Waals surface area contributed by atoms with E-state index in [2.05, 4.69) is 30.4 Å². The van der Waals surface area contributed by atoms with Crippen molar-refractivity contribution in [3.63, 3.8) is 0 Å². The lowest BCUT2D eigenvalue weighted by Crippen LogP contribution is -3.11. The van der Waals surface area contributed by atoms with Gasteiger partial charge in [-0.05, 0) is 49.2 Å². The first-order valence-electron chi connectivity index (χ1n) is 9.72. The first kappa shape index (κ1) is 17.9. The van der Waals surface area contributed by atoms with E-state index < -0.39 is 0 Å². The number of nitrogens with one attached hydrogen (secondary N) is 2. The zero-order valence-electron chi connectivity index (χ0n) is 16.0. The Kier molecular flexibility index (Phi) is 5.03. The topological polar surface area (TPSA) is 52.0 Å². The van der Waals surface area contributed by atoms with Crippen LogP contribution in [-0.4, -0.2) is 32.2 Å². The number of rotatable bonds is 4. The normalized spacial score (nSPS) is 21.1. The number of likely N-dealkylation sites (tertiary alicyclic amines) is 1. The molecule has 5 nitrogen and oxygen atoms in total. The smallest absolute Gasteiger partial charge is 0.279 e. The molecule has 2 aromatic rings. The van der Waals surface area contributed by atoms with Gasteiger partial charge in [-0.15, -0.1) is 0 Å². The molecule has 2 heterocycles. The Balaban J connectivity index is 1.45. The van der Waals surface area contributed by atoms with Crippen LogP contribution in [0.3, 0.4) is 0 Å². The van der Waals surface area contributed by atoms with Gasteiger partial charge in [0.05, 0.1) is 6.54 Å². The molecule has 0 saturated carbocycles. The Morgan fingerprint density at radius 1 is 1.15 bits per heavy atom. The van der Waals surface area contributed by atoms with Gasteiger partial charge in [-0.1, -0.05) is 12.1 Å². The van der Waals surface area contributed by atoms with E-state index in [0.29, 0.717) is 25.8 Å². The summed E-state index contributed by atoms with van der Waals surface area (Å²) in [7, 11) is 0. The average molecular weight is 367 g/mol. The van der Waals surface area contributed by atoms with Crippen molar-refractivity contribution >= 4 is 11.6 Å². The van der Waals surface area contributed by atoms with Crippen LogP contribution >= 0.6 is 0 Å². The van der Waals surface area contributed by atoms with Crippen molar-refractivity contribution in [1.29, 1.82) is 0 Å². The fourth-order valence-corrected chi connectivity index (χ4v) is 4.09. The second-order valence-corrected chi connectivity index (χ2v) is 7.48. The van der Waals surface area contributed by atoms with Crippen LogP contribution < -0.4 is 19.7 Å². The van der Waals surface area contributed by atoms with E-state index in [0.717, 1.165) is 42.1 Å². The molecular weight excluding hydrogens is 340 g/mol. The third-order valence-electron chi connectivity index (χ3n) is 5.72. The molecule has 2 atom stereocenters. The highest BCUT2D eigenvalue weighted by atomic mass is 16.6. The molecule has 0 aliphatic carbocycles. The van der Waals surface area contributed by atoms with Crippen LogP contribution in [-0.2, 0) is 4.79 Å². The van der Waals surface area contributed by atoms with Crippen LogP contribution in [0.15, 0.2) is 36.4 Å². The SMILES string of the molecule is Cc1cccc(NC(=O)C[NH+]2CCC[C@@H]2c2ccc3c(c2)OCCO3)c1C. The summed E-state index contributed by atoms with van der Waals surface area (Å²) in [5, 5.41) is 3.10. The maximum absolute atomic E-state index is 12.7. The lowest BCUT2D eigenvalue weighted by molar-refractivity contribution is -0.910. The number of aryl methyl sites for hydroxylation is 1. The zero-order chi connectivity index (χ0) is 18.8. The minimum Gasteiger partial charge on any atom is -0.486 e. The quantitative estimate of drug-likeness (QED) is 0.873. The summed E-state index contributed by atoms with van der Waals surface area (Å²) < 4.78 is 11.4. The second-order valence-electron chi connectivity index (χ2n) is 7.48. The molecule has 1 saturated heterocycles. The van der Waals surface area contributed by atoms with Gasteiger partial charge in [0, 0.05) is 24.1 Å². The lowest BCUT2D eigenvalue weighted by atomic mass is 10.0. The molecule has 5 heteroatoms. The number of amides is 1. The van der Waals surface area contributed by atoms with E-state index in [1.54, 1.807) is 0 Å². The minimum absolute atomic E-state index is 0.0724. The van der Waals surface area contributed by atoms with Crippen molar-refractivity contribution in [2.24, 2.45) is 0 Å². The van der Waals surface area contributed by atoms with Gasteiger partial charge in [0.15, 0.2) is 18.0 Å². The van der Waals surface area contributed by atoms with Crippen molar-refractivity contribution in [2.45, 2.75) is 32.7 Å². The summed E-state index contributed by atoms with van der Waals surface area (Å²) in [6, 6.07) is 12.5. The first-order valence-corrected chi connectivity index (χ1v) is 9.72. The van der Waals surface area contributed by atoms with Crippen molar-refractivity contribution in [1.82, 2.24) is 0 Å². The van der Waals surface area contributed by atoms with Gasteiger partial charge >= 0.3 is 0 Å². The molecule has 142 valence electrons. The number of anilines is 1. The van der Waals surface area contributed by atoms with E-state index in [1.165, 1.54) is 16.0 Å². The highest BCUT2D eigenvalue weighted by molar-refractivity contribution is 5.92. The van der Waals surface area contributed by atoms with Gasteiger partial charge in [-0.3, -0.25) is 4.79 Å². The lowest BCUT2D eigenvalue weighted by Gasteiger charge is -2.24. The molecular formula is C22H27N2O3+. The summed E-state index contributed by atoms with van der Waals surface area (Å²) in [4.78, 5) is 14.0. The Morgan fingerprint density at radius 3 is 2.81 bits per heavy atom. The van der Waals surface area contributed by atoms with E-state index in [9.17, 15) is 4.79 Å². The summed E-state index contributed by atoms with van der Waals surface area (Å²) in [5.74, 6) is 1.71. The monoisotopic (exact) mass is 367 g/mol. The van der Waals surface area contributed by atoms with Crippen molar-refractivity contribution < 1.29 is 19.2 Å². The van der Waals surface area contributed by atoms with Crippen LogP contribution in [0.2, 0.25) is 0 Å². The number of hydrogen-bond donors (Lipinski definition) is 2. The summed E-state index contributed by atoms with van der Waals surface area (Å²) in [6.07, 6.45) is 2.22. The molecule has 0 bridgehead atoms. The van der Waals surface area contributed by atoms with E-state index in [1.807, 2.05) is 25.1 Å². The molecule has 2 aliphatic rings. The number of quaternary nitrogens is 1. The third kappa shape index (κ3) is 3.78. The van der Waals surface area contributed by atoms with Gasteiger partial charge in [0.25, 0.3) is 5.91 Å². The van der Waals surface area contributed by atoms with Crippen LogP contribution in [0.1, 0.15) is 35.6 Å². The van der Waals surface area contributed by atoms with Gasteiger partial charge in [0.2, 0.25) is 0 Å². The maximum Gasteiger partial charge on any atom is 0.279 e. The third-order valence-corrected chi connectivity index (χ3v) is 5.72. The van der Waals surface area contributed by atoms with Gasteiger partial charge in [-0.2, -0.15) is 0 Å². The predicted octanol–water partition coefficient (Wildman–Crippen LogP) is 2.43. The van der Waals surface area contributed by atoms with E-state index in [-0.39, 0.29) is 5.91 Å². The largest absolute Gasteiger partial charge is 0.486 e. The first-order chi connectivity index (χ1) is 13.1. The van der Waals surface area contributed by atoms with Crippen LogP contribution in [0, 0.1) is 13.8 Å². The molecule has 27 heavy (non-hydrogen) atoms. The minimum atomic E-state index is 0.0724. The maximum atomic E-state index is 12.7.